The van der Waals surface area contributed by atoms with Crippen LogP contribution in [0.15, 0.2) is 41.3 Å². The van der Waals surface area contributed by atoms with Gasteiger partial charge < -0.3 is 19.3 Å². The van der Waals surface area contributed by atoms with Gasteiger partial charge in [0.1, 0.15) is 0 Å². The number of fused-ring (bicyclic) bond motifs is 1. The number of nitrogens with zero attached hydrogens (tertiary/aromatic N) is 1. The predicted molar refractivity (Wildman–Crippen MR) is 105 cm³/mol. The summed E-state index contributed by atoms with van der Waals surface area (Å²) in [5, 5.41) is 9.95. The van der Waals surface area contributed by atoms with Crippen LogP contribution in [-0.2, 0) is 6.42 Å². The lowest BCUT2D eigenvalue weighted by Gasteiger charge is -2.16. The summed E-state index contributed by atoms with van der Waals surface area (Å²) in [6.45, 7) is 1.86. The van der Waals surface area contributed by atoms with Gasteiger partial charge in [-0.1, -0.05) is 17.7 Å². The Morgan fingerprint density at radius 1 is 1.00 bits per heavy atom. The number of ether oxygens (including phenoxy) is 3. The zero-order valence-electron chi connectivity index (χ0n) is 16.1. The van der Waals surface area contributed by atoms with Crippen molar-refractivity contribution in [1.82, 2.24) is 4.57 Å². The second-order valence-corrected chi connectivity index (χ2v) is 6.33. The van der Waals surface area contributed by atoms with Crippen molar-refractivity contribution < 1.29 is 24.1 Å². The number of pyridine rings is 1. The standard InChI is InChI=1S/C21H21NO6/c1-12-5-7-16-15(9-12)18(23)14(11-22(16)21(24)25)10-13-6-8-17(26-2)20(28-4)19(13)27-3/h5-9,11H,10H2,1-4H3,(H,24,25). The molecule has 1 N–H and O–H groups in total. The summed E-state index contributed by atoms with van der Waals surface area (Å²) in [5.41, 5.74) is 2.04. The highest BCUT2D eigenvalue weighted by Gasteiger charge is 2.19. The fourth-order valence-corrected chi connectivity index (χ4v) is 3.29. The molecule has 3 rings (SSSR count). The van der Waals surface area contributed by atoms with Crippen LogP contribution in [0.1, 0.15) is 16.7 Å². The molecule has 7 nitrogen and oxygen atoms in total. The third kappa shape index (κ3) is 3.26. The van der Waals surface area contributed by atoms with E-state index in [1.165, 1.54) is 27.5 Å². The first-order chi connectivity index (χ1) is 13.4. The summed E-state index contributed by atoms with van der Waals surface area (Å²) in [7, 11) is 4.52. The number of hydrogen-bond acceptors (Lipinski definition) is 5. The van der Waals surface area contributed by atoms with Crippen LogP contribution in [0.25, 0.3) is 10.9 Å². The molecule has 0 aliphatic carbocycles. The minimum atomic E-state index is -1.16. The van der Waals surface area contributed by atoms with Crippen LogP contribution >= 0.6 is 0 Å². The van der Waals surface area contributed by atoms with E-state index in [2.05, 4.69) is 0 Å². The molecule has 0 fully saturated rings. The number of aromatic nitrogens is 1. The number of aryl methyl sites for hydroxylation is 1. The zero-order valence-corrected chi connectivity index (χ0v) is 16.1. The summed E-state index contributed by atoms with van der Waals surface area (Å²) in [5.74, 6) is 1.35. The second kappa shape index (κ2) is 7.64. The third-order valence-electron chi connectivity index (χ3n) is 4.61. The summed E-state index contributed by atoms with van der Waals surface area (Å²) >= 11 is 0. The summed E-state index contributed by atoms with van der Waals surface area (Å²) in [4.78, 5) is 24.8. The van der Waals surface area contributed by atoms with E-state index in [9.17, 15) is 14.7 Å². The Morgan fingerprint density at radius 2 is 1.71 bits per heavy atom. The van der Waals surface area contributed by atoms with E-state index in [1.807, 2.05) is 6.92 Å². The van der Waals surface area contributed by atoms with Crippen molar-refractivity contribution in [2.75, 3.05) is 21.3 Å². The van der Waals surface area contributed by atoms with E-state index in [0.717, 1.165) is 10.1 Å². The minimum absolute atomic E-state index is 0.180. The van der Waals surface area contributed by atoms with Crippen molar-refractivity contribution in [3.63, 3.8) is 0 Å². The van der Waals surface area contributed by atoms with Gasteiger partial charge in [-0.25, -0.2) is 4.79 Å². The number of carbonyl (C=O) groups is 1. The third-order valence-corrected chi connectivity index (χ3v) is 4.61. The van der Waals surface area contributed by atoms with Crippen molar-refractivity contribution in [1.29, 1.82) is 0 Å². The SMILES string of the molecule is COc1ccc(Cc2cn(C(=O)O)c3ccc(C)cc3c2=O)c(OC)c1OC. The highest BCUT2D eigenvalue weighted by atomic mass is 16.5. The maximum Gasteiger partial charge on any atom is 0.416 e. The van der Waals surface area contributed by atoms with E-state index >= 15 is 0 Å². The molecule has 7 heteroatoms. The van der Waals surface area contributed by atoms with Crippen molar-refractivity contribution in [3.8, 4) is 17.2 Å². The van der Waals surface area contributed by atoms with E-state index < -0.39 is 6.09 Å². The van der Waals surface area contributed by atoms with Crippen LogP contribution in [0.5, 0.6) is 17.2 Å². The van der Waals surface area contributed by atoms with Crippen molar-refractivity contribution >= 4 is 17.0 Å². The van der Waals surface area contributed by atoms with Gasteiger partial charge in [-0.05, 0) is 25.1 Å². The molecule has 0 saturated carbocycles. The second-order valence-electron chi connectivity index (χ2n) is 6.33. The average Bonchev–Trinajstić information content (AvgIpc) is 2.69. The normalized spacial score (nSPS) is 10.7. The van der Waals surface area contributed by atoms with Crippen LogP contribution in [0.2, 0.25) is 0 Å². The van der Waals surface area contributed by atoms with E-state index in [1.54, 1.807) is 30.3 Å². The molecule has 0 atom stereocenters. The number of benzene rings is 2. The van der Waals surface area contributed by atoms with Gasteiger partial charge in [0.25, 0.3) is 0 Å². The Balaban J connectivity index is 2.22. The quantitative estimate of drug-likeness (QED) is 0.726. The zero-order chi connectivity index (χ0) is 20.4. The maximum atomic E-state index is 13.0. The Bertz CT molecular complexity index is 1120. The fraction of sp³-hybridized carbons (Fsp3) is 0.238. The van der Waals surface area contributed by atoms with E-state index in [4.69, 9.17) is 14.2 Å². The molecule has 2 aromatic carbocycles. The molecule has 0 unspecified atom stereocenters. The van der Waals surface area contributed by atoms with Crippen LogP contribution in [0.4, 0.5) is 4.79 Å². The highest BCUT2D eigenvalue weighted by molar-refractivity contribution is 5.88. The number of methoxy groups -OCH3 is 3. The Morgan fingerprint density at radius 3 is 2.32 bits per heavy atom. The lowest BCUT2D eigenvalue weighted by atomic mass is 10.0. The number of hydrogen-bond donors (Lipinski definition) is 1. The number of carboxylic acid groups (broad SMARTS) is 1. The predicted octanol–water partition coefficient (Wildman–Crippen LogP) is 3.45. The molecule has 0 aliphatic rings. The molecule has 0 radical (unpaired) electrons. The first-order valence-electron chi connectivity index (χ1n) is 8.57. The monoisotopic (exact) mass is 383 g/mol. The van der Waals surface area contributed by atoms with E-state index in [0.29, 0.717) is 39.3 Å². The van der Waals surface area contributed by atoms with Gasteiger partial charge in [-0.3, -0.25) is 9.36 Å². The Kier molecular flexibility index (Phi) is 5.26. The molecule has 146 valence electrons. The molecule has 0 amide bonds. The fourth-order valence-electron chi connectivity index (χ4n) is 3.29. The average molecular weight is 383 g/mol. The van der Waals surface area contributed by atoms with Gasteiger partial charge in [0, 0.05) is 29.1 Å². The topological polar surface area (TPSA) is 87.0 Å². The molecule has 28 heavy (non-hydrogen) atoms. The first kappa shape index (κ1) is 19.3. The van der Waals surface area contributed by atoms with Gasteiger partial charge in [-0.15, -0.1) is 0 Å². The Hall–Kier alpha value is -3.48. The summed E-state index contributed by atoms with van der Waals surface area (Å²) in [6.07, 6.45) is 0.382. The molecule has 3 aromatic rings. The minimum Gasteiger partial charge on any atom is -0.493 e. The molecule has 1 heterocycles. The lowest BCUT2D eigenvalue weighted by Crippen LogP contribution is -2.19. The van der Waals surface area contributed by atoms with Crippen molar-refractivity contribution in [2.45, 2.75) is 13.3 Å². The molecule has 0 saturated heterocycles. The molecule has 1 aromatic heterocycles. The van der Waals surface area contributed by atoms with Gasteiger partial charge in [0.05, 0.1) is 26.8 Å². The van der Waals surface area contributed by atoms with Gasteiger partial charge in [0.2, 0.25) is 5.75 Å². The van der Waals surface area contributed by atoms with Crippen molar-refractivity contribution in [3.05, 3.63) is 63.4 Å². The highest BCUT2D eigenvalue weighted by Crippen LogP contribution is 2.40. The van der Waals surface area contributed by atoms with Gasteiger partial charge in [0.15, 0.2) is 16.9 Å². The maximum absolute atomic E-state index is 13.0. The summed E-state index contributed by atoms with van der Waals surface area (Å²) < 4.78 is 17.2. The lowest BCUT2D eigenvalue weighted by molar-refractivity contribution is 0.197. The van der Waals surface area contributed by atoms with Crippen LogP contribution in [0.3, 0.4) is 0 Å². The van der Waals surface area contributed by atoms with Gasteiger partial charge >= 0.3 is 6.09 Å². The van der Waals surface area contributed by atoms with Gasteiger partial charge in [-0.2, -0.15) is 0 Å². The first-order valence-corrected chi connectivity index (χ1v) is 8.57. The summed E-state index contributed by atoms with van der Waals surface area (Å²) in [6, 6.07) is 8.61. The molecule has 0 aliphatic heterocycles. The molecule has 0 bridgehead atoms. The van der Waals surface area contributed by atoms with Crippen LogP contribution in [0, 0.1) is 6.92 Å². The molecular formula is C21H21NO6. The Labute approximate surface area is 161 Å². The molecule has 0 spiro atoms. The van der Waals surface area contributed by atoms with Crippen LogP contribution < -0.4 is 19.6 Å². The number of rotatable bonds is 5. The smallest absolute Gasteiger partial charge is 0.416 e. The van der Waals surface area contributed by atoms with Crippen molar-refractivity contribution in [2.24, 2.45) is 0 Å². The van der Waals surface area contributed by atoms with Crippen LogP contribution in [-0.4, -0.2) is 37.1 Å². The largest absolute Gasteiger partial charge is 0.493 e. The van der Waals surface area contributed by atoms with E-state index in [-0.39, 0.29) is 11.8 Å². The molecular weight excluding hydrogens is 362 g/mol.